The van der Waals surface area contributed by atoms with Crippen molar-refractivity contribution in [2.45, 2.75) is 28.7 Å². The molecule has 33 heavy (non-hydrogen) atoms. The number of aromatic nitrogens is 2. The lowest BCUT2D eigenvalue weighted by Gasteiger charge is -2.30. The summed E-state index contributed by atoms with van der Waals surface area (Å²) in [6, 6.07) is 16.9. The van der Waals surface area contributed by atoms with Gasteiger partial charge in [-0.2, -0.15) is 0 Å². The minimum atomic E-state index is -3.45. The van der Waals surface area contributed by atoms with Gasteiger partial charge in [-0.1, -0.05) is 77.2 Å². The molecule has 1 N–H and O–H groups in total. The Bertz CT molecular complexity index is 1180. The highest BCUT2D eigenvalue weighted by Crippen LogP contribution is 2.29. The van der Waals surface area contributed by atoms with Crippen molar-refractivity contribution in [1.29, 1.82) is 0 Å². The van der Waals surface area contributed by atoms with E-state index in [-0.39, 0.29) is 17.6 Å². The molecule has 2 aromatic carbocycles. The van der Waals surface area contributed by atoms with E-state index in [2.05, 4.69) is 27.6 Å². The van der Waals surface area contributed by atoms with E-state index in [1.807, 2.05) is 18.2 Å². The van der Waals surface area contributed by atoms with Crippen LogP contribution in [0.2, 0.25) is 5.02 Å². The fourth-order valence-corrected chi connectivity index (χ4v) is 6.92. The van der Waals surface area contributed by atoms with Gasteiger partial charge in [-0.25, -0.2) is 12.7 Å². The minimum Gasteiger partial charge on any atom is -0.300 e. The molecule has 1 aromatic heterocycles. The van der Waals surface area contributed by atoms with Crippen LogP contribution < -0.4 is 5.32 Å². The van der Waals surface area contributed by atoms with E-state index < -0.39 is 10.0 Å². The third kappa shape index (κ3) is 6.77. The van der Waals surface area contributed by atoms with Crippen molar-refractivity contribution in [1.82, 2.24) is 14.5 Å². The maximum Gasteiger partial charge on any atom is 0.229 e. The van der Waals surface area contributed by atoms with Gasteiger partial charge in [-0.3, -0.25) is 4.79 Å². The zero-order chi connectivity index (χ0) is 23.3. The highest BCUT2D eigenvalue weighted by Gasteiger charge is 2.31. The monoisotopic (exact) mass is 522 g/mol. The quantitative estimate of drug-likeness (QED) is 0.341. The van der Waals surface area contributed by atoms with Crippen LogP contribution in [0.1, 0.15) is 24.0 Å². The second kappa shape index (κ2) is 11.0. The molecule has 7 nitrogen and oxygen atoms in total. The maximum absolute atomic E-state index is 12.7. The Morgan fingerprint density at radius 1 is 1.06 bits per heavy atom. The van der Waals surface area contributed by atoms with E-state index in [1.54, 1.807) is 36.0 Å². The van der Waals surface area contributed by atoms with Gasteiger partial charge < -0.3 is 5.32 Å². The van der Waals surface area contributed by atoms with Crippen LogP contribution in [0.3, 0.4) is 0 Å². The number of carbonyl (C=O) groups is 1. The van der Waals surface area contributed by atoms with Crippen molar-refractivity contribution in [3.63, 3.8) is 0 Å². The zero-order valence-electron chi connectivity index (χ0n) is 17.7. The number of piperidine rings is 1. The van der Waals surface area contributed by atoms with Gasteiger partial charge in [0, 0.05) is 29.8 Å². The van der Waals surface area contributed by atoms with Gasteiger partial charge in [-0.15, -0.1) is 10.2 Å². The maximum atomic E-state index is 12.7. The van der Waals surface area contributed by atoms with Gasteiger partial charge >= 0.3 is 0 Å². The lowest BCUT2D eigenvalue weighted by Crippen LogP contribution is -2.41. The predicted molar refractivity (Wildman–Crippen MR) is 133 cm³/mol. The minimum absolute atomic E-state index is 0.0742. The highest BCUT2D eigenvalue weighted by molar-refractivity contribution is 8.00. The smallest absolute Gasteiger partial charge is 0.229 e. The van der Waals surface area contributed by atoms with E-state index in [1.165, 1.54) is 21.2 Å². The number of hydrogen-bond donors (Lipinski definition) is 1. The molecule has 1 aliphatic rings. The summed E-state index contributed by atoms with van der Waals surface area (Å²) in [6.45, 7) is 0.643. The second-order valence-corrected chi connectivity index (χ2v) is 12.3. The lowest BCUT2D eigenvalue weighted by molar-refractivity contribution is -0.120. The van der Waals surface area contributed by atoms with Gasteiger partial charge in [0.2, 0.25) is 21.1 Å². The molecule has 2 heterocycles. The first kappa shape index (κ1) is 24.2. The van der Waals surface area contributed by atoms with Gasteiger partial charge in [-0.05, 0) is 36.1 Å². The van der Waals surface area contributed by atoms with Crippen LogP contribution in [0.4, 0.5) is 5.13 Å². The zero-order valence-corrected chi connectivity index (χ0v) is 20.9. The van der Waals surface area contributed by atoms with Crippen molar-refractivity contribution in [3.8, 4) is 0 Å². The Kier molecular flexibility index (Phi) is 8.02. The van der Waals surface area contributed by atoms with Crippen molar-refractivity contribution >= 4 is 55.8 Å². The fraction of sp³-hybridized carbons (Fsp3) is 0.318. The number of nitrogens with one attached hydrogen (secondary N) is 1. The summed E-state index contributed by atoms with van der Waals surface area (Å²) in [7, 11) is -3.45. The molecule has 174 valence electrons. The molecule has 0 spiro atoms. The van der Waals surface area contributed by atoms with Crippen LogP contribution in [0, 0.1) is 5.92 Å². The van der Waals surface area contributed by atoms with Crippen LogP contribution in [-0.2, 0) is 26.3 Å². The second-order valence-electron chi connectivity index (χ2n) is 7.69. The average Bonchev–Trinajstić information content (AvgIpc) is 3.27. The van der Waals surface area contributed by atoms with Gasteiger partial charge in [0.25, 0.3) is 0 Å². The Hall–Kier alpha value is -1.98. The standard InChI is InChI=1S/C22H23ClN4O3S3/c23-19-8-6-17(7-9-19)15-33(29,30)27-12-10-18(11-13-27)20(28)24-21-25-26-22(32-21)31-14-16-4-2-1-3-5-16/h1-9,18H,10-15H2,(H,24,25,28). The first-order valence-electron chi connectivity index (χ1n) is 10.4. The van der Waals surface area contributed by atoms with Gasteiger partial charge in [0.05, 0.1) is 5.75 Å². The van der Waals surface area contributed by atoms with Crippen molar-refractivity contribution < 1.29 is 13.2 Å². The molecule has 0 unspecified atom stereocenters. The largest absolute Gasteiger partial charge is 0.300 e. The van der Waals surface area contributed by atoms with Crippen molar-refractivity contribution in [3.05, 3.63) is 70.7 Å². The molecule has 4 rings (SSSR count). The highest BCUT2D eigenvalue weighted by atomic mass is 35.5. The van der Waals surface area contributed by atoms with E-state index >= 15 is 0 Å². The molecule has 0 saturated carbocycles. The molecular formula is C22H23ClN4O3S3. The van der Waals surface area contributed by atoms with Crippen LogP contribution in [0.5, 0.6) is 0 Å². The van der Waals surface area contributed by atoms with Crippen LogP contribution in [0.25, 0.3) is 0 Å². The summed E-state index contributed by atoms with van der Waals surface area (Å²) in [5, 5.41) is 12.1. The molecule has 1 saturated heterocycles. The SMILES string of the molecule is O=C(Nc1nnc(SCc2ccccc2)s1)C1CCN(S(=O)(=O)Cc2ccc(Cl)cc2)CC1. The molecule has 11 heteroatoms. The first-order valence-corrected chi connectivity index (χ1v) is 14.2. The number of sulfonamides is 1. The van der Waals surface area contributed by atoms with Crippen molar-refractivity contribution in [2.75, 3.05) is 18.4 Å². The first-order chi connectivity index (χ1) is 15.9. The Labute approximate surface area is 206 Å². The lowest BCUT2D eigenvalue weighted by atomic mass is 9.97. The summed E-state index contributed by atoms with van der Waals surface area (Å²) in [5.74, 6) is 0.318. The van der Waals surface area contributed by atoms with E-state index in [0.717, 1.165) is 10.1 Å². The molecule has 1 aliphatic heterocycles. The number of nitrogens with zero attached hydrogens (tertiary/aromatic N) is 3. The molecule has 0 bridgehead atoms. The topological polar surface area (TPSA) is 92.3 Å². The average molecular weight is 523 g/mol. The molecule has 3 aromatic rings. The number of carbonyl (C=O) groups excluding carboxylic acids is 1. The summed E-state index contributed by atoms with van der Waals surface area (Å²) in [6.07, 6.45) is 0.945. The Morgan fingerprint density at radius 3 is 2.45 bits per heavy atom. The van der Waals surface area contributed by atoms with Crippen LogP contribution >= 0.6 is 34.7 Å². The summed E-state index contributed by atoms with van der Waals surface area (Å²) < 4.78 is 27.8. The summed E-state index contributed by atoms with van der Waals surface area (Å²) in [5.41, 5.74) is 1.89. The number of halogens is 1. The fourth-order valence-electron chi connectivity index (χ4n) is 3.52. The van der Waals surface area contributed by atoms with Crippen molar-refractivity contribution in [2.24, 2.45) is 5.92 Å². The number of rotatable bonds is 8. The molecule has 1 amide bonds. The Morgan fingerprint density at radius 2 is 1.76 bits per heavy atom. The number of thioether (sulfide) groups is 1. The van der Waals surface area contributed by atoms with E-state index in [9.17, 15) is 13.2 Å². The molecule has 0 atom stereocenters. The summed E-state index contributed by atoms with van der Waals surface area (Å²) in [4.78, 5) is 12.7. The Balaban J connectivity index is 1.25. The number of anilines is 1. The molecule has 1 fully saturated rings. The van der Waals surface area contributed by atoms with E-state index in [0.29, 0.717) is 41.6 Å². The summed E-state index contributed by atoms with van der Waals surface area (Å²) >= 11 is 8.79. The third-order valence-electron chi connectivity index (χ3n) is 5.32. The van der Waals surface area contributed by atoms with Gasteiger partial charge in [0.15, 0.2) is 4.34 Å². The third-order valence-corrected chi connectivity index (χ3v) is 9.47. The number of hydrogen-bond acceptors (Lipinski definition) is 7. The predicted octanol–water partition coefficient (Wildman–Crippen LogP) is 4.66. The number of amides is 1. The van der Waals surface area contributed by atoms with Crippen LogP contribution in [0.15, 0.2) is 58.9 Å². The molecular weight excluding hydrogens is 500 g/mol. The molecule has 0 radical (unpaired) electrons. The number of benzene rings is 2. The van der Waals surface area contributed by atoms with Crippen LogP contribution in [-0.4, -0.2) is 41.9 Å². The van der Waals surface area contributed by atoms with E-state index in [4.69, 9.17) is 11.6 Å². The normalized spacial score (nSPS) is 15.4. The molecule has 0 aliphatic carbocycles. The van der Waals surface area contributed by atoms with Gasteiger partial charge in [0.1, 0.15) is 0 Å².